The Morgan fingerprint density at radius 3 is 1.89 bits per heavy atom. The molecule has 0 aliphatic heterocycles. The molecule has 0 atom stereocenters. The van der Waals surface area contributed by atoms with E-state index in [1.54, 1.807) is 13.8 Å². The summed E-state index contributed by atoms with van der Waals surface area (Å²) in [6.45, 7) is 3.82. The van der Waals surface area contributed by atoms with Crippen molar-refractivity contribution < 1.29 is 19.1 Å². The summed E-state index contributed by atoms with van der Waals surface area (Å²) in [4.78, 5) is 24.1. The second-order valence-corrected chi connectivity index (χ2v) is 4.64. The predicted molar refractivity (Wildman–Crippen MR) is 66.8 cm³/mol. The van der Waals surface area contributed by atoms with Gasteiger partial charge in [-0.1, -0.05) is 19.3 Å². The van der Waals surface area contributed by atoms with Crippen molar-refractivity contribution in [1.29, 1.82) is 0 Å². The maximum absolute atomic E-state index is 12.0. The molecule has 0 saturated heterocycles. The van der Waals surface area contributed by atoms with Crippen LogP contribution < -0.4 is 5.73 Å². The zero-order chi connectivity index (χ0) is 13.6. The molecule has 1 aliphatic rings. The number of hydrogen-bond donors (Lipinski definition) is 1. The molecule has 5 nitrogen and oxygen atoms in total. The molecule has 0 aromatic heterocycles. The summed E-state index contributed by atoms with van der Waals surface area (Å²) in [5, 5.41) is 0. The van der Waals surface area contributed by atoms with Crippen LogP contribution in [0.5, 0.6) is 0 Å². The lowest BCUT2D eigenvalue weighted by Crippen LogP contribution is -2.62. The predicted octanol–water partition coefficient (Wildman–Crippen LogP) is 1.39. The molecular weight excluding hydrogens is 234 g/mol. The fraction of sp³-hybridized carbons (Fsp3) is 0.846. The molecule has 1 rings (SSSR count). The van der Waals surface area contributed by atoms with Gasteiger partial charge in [-0.05, 0) is 32.6 Å². The standard InChI is InChI=1S/C13H23NO4/c1-3-17-11(15)13(14,12(16)18-4-2)10-8-6-5-7-9-10/h10H,3-9,14H2,1-2H3. The summed E-state index contributed by atoms with van der Waals surface area (Å²) in [6.07, 6.45) is 4.64. The van der Waals surface area contributed by atoms with E-state index < -0.39 is 17.5 Å². The summed E-state index contributed by atoms with van der Waals surface area (Å²) >= 11 is 0. The van der Waals surface area contributed by atoms with Gasteiger partial charge in [0.05, 0.1) is 13.2 Å². The lowest BCUT2D eigenvalue weighted by molar-refractivity contribution is -0.168. The van der Waals surface area contributed by atoms with E-state index in [0.29, 0.717) is 0 Å². The van der Waals surface area contributed by atoms with Gasteiger partial charge in [-0.15, -0.1) is 0 Å². The van der Waals surface area contributed by atoms with Gasteiger partial charge in [0.2, 0.25) is 5.54 Å². The first kappa shape index (κ1) is 15.0. The van der Waals surface area contributed by atoms with Crippen LogP contribution in [0.25, 0.3) is 0 Å². The van der Waals surface area contributed by atoms with Crippen LogP contribution in [0.2, 0.25) is 0 Å². The minimum Gasteiger partial charge on any atom is -0.464 e. The third kappa shape index (κ3) is 3.02. The first-order valence-corrected chi connectivity index (χ1v) is 6.70. The van der Waals surface area contributed by atoms with Crippen LogP contribution in [0, 0.1) is 5.92 Å². The van der Waals surface area contributed by atoms with Gasteiger partial charge in [-0.3, -0.25) is 0 Å². The van der Waals surface area contributed by atoms with E-state index in [4.69, 9.17) is 15.2 Å². The van der Waals surface area contributed by atoms with E-state index in [9.17, 15) is 9.59 Å². The highest BCUT2D eigenvalue weighted by atomic mass is 16.6. The Balaban J connectivity index is 2.91. The Labute approximate surface area is 108 Å². The zero-order valence-corrected chi connectivity index (χ0v) is 11.2. The van der Waals surface area contributed by atoms with Crippen molar-refractivity contribution in [2.45, 2.75) is 51.5 Å². The van der Waals surface area contributed by atoms with Crippen molar-refractivity contribution >= 4 is 11.9 Å². The van der Waals surface area contributed by atoms with Gasteiger partial charge in [0.25, 0.3) is 0 Å². The Morgan fingerprint density at radius 2 is 1.50 bits per heavy atom. The van der Waals surface area contributed by atoms with E-state index in [0.717, 1.165) is 32.1 Å². The minimum atomic E-state index is -1.63. The van der Waals surface area contributed by atoms with Gasteiger partial charge in [-0.2, -0.15) is 0 Å². The largest absolute Gasteiger partial charge is 0.464 e. The van der Waals surface area contributed by atoms with Crippen LogP contribution in [0.1, 0.15) is 46.0 Å². The third-order valence-electron chi connectivity index (χ3n) is 3.48. The number of nitrogens with two attached hydrogens (primary N) is 1. The fourth-order valence-corrected chi connectivity index (χ4v) is 2.48. The summed E-state index contributed by atoms with van der Waals surface area (Å²) in [5.41, 5.74) is 4.45. The second kappa shape index (κ2) is 6.73. The first-order valence-electron chi connectivity index (χ1n) is 6.70. The van der Waals surface area contributed by atoms with Crippen LogP contribution in [0.3, 0.4) is 0 Å². The van der Waals surface area contributed by atoms with Crippen molar-refractivity contribution in [3.8, 4) is 0 Å². The van der Waals surface area contributed by atoms with E-state index in [2.05, 4.69) is 0 Å². The van der Waals surface area contributed by atoms with Crippen molar-refractivity contribution in [2.75, 3.05) is 13.2 Å². The molecule has 0 radical (unpaired) electrons. The smallest absolute Gasteiger partial charge is 0.338 e. The maximum atomic E-state index is 12.0. The number of ether oxygens (including phenoxy) is 2. The zero-order valence-electron chi connectivity index (χ0n) is 11.2. The third-order valence-corrected chi connectivity index (χ3v) is 3.48. The average molecular weight is 257 g/mol. The van der Waals surface area contributed by atoms with Crippen molar-refractivity contribution in [1.82, 2.24) is 0 Å². The molecule has 0 bridgehead atoms. The van der Waals surface area contributed by atoms with Crippen LogP contribution in [0.4, 0.5) is 0 Å². The monoisotopic (exact) mass is 257 g/mol. The molecule has 0 spiro atoms. The van der Waals surface area contributed by atoms with E-state index in [-0.39, 0.29) is 19.1 Å². The van der Waals surface area contributed by atoms with E-state index in [1.807, 2.05) is 0 Å². The second-order valence-electron chi connectivity index (χ2n) is 4.64. The molecule has 1 fully saturated rings. The molecular formula is C13H23NO4. The summed E-state index contributed by atoms with van der Waals surface area (Å²) in [6, 6.07) is 0. The molecule has 5 heteroatoms. The van der Waals surface area contributed by atoms with Crippen LogP contribution in [0.15, 0.2) is 0 Å². The molecule has 1 saturated carbocycles. The lowest BCUT2D eigenvalue weighted by atomic mass is 9.75. The van der Waals surface area contributed by atoms with Gasteiger partial charge >= 0.3 is 11.9 Å². The van der Waals surface area contributed by atoms with Crippen LogP contribution in [-0.2, 0) is 19.1 Å². The minimum absolute atomic E-state index is 0.177. The maximum Gasteiger partial charge on any atom is 0.338 e. The van der Waals surface area contributed by atoms with Crippen molar-refractivity contribution in [3.63, 3.8) is 0 Å². The normalized spacial score (nSPS) is 17.3. The average Bonchev–Trinajstić information content (AvgIpc) is 2.39. The van der Waals surface area contributed by atoms with Gasteiger partial charge in [0.1, 0.15) is 0 Å². The van der Waals surface area contributed by atoms with Crippen LogP contribution >= 0.6 is 0 Å². The van der Waals surface area contributed by atoms with Crippen LogP contribution in [-0.4, -0.2) is 30.7 Å². The molecule has 0 amide bonds. The lowest BCUT2D eigenvalue weighted by Gasteiger charge is -2.35. The molecule has 1 aliphatic carbocycles. The highest BCUT2D eigenvalue weighted by Gasteiger charge is 2.51. The number of rotatable bonds is 5. The number of carbonyl (C=O) groups is 2. The van der Waals surface area contributed by atoms with Gasteiger partial charge in [0.15, 0.2) is 0 Å². The summed E-state index contributed by atoms with van der Waals surface area (Å²) < 4.78 is 9.93. The Hall–Kier alpha value is -1.10. The fourth-order valence-electron chi connectivity index (χ4n) is 2.48. The topological polar surface area (TPSA) is 78.6 Å². The molecule has 104 valence electrons. The Morgan fingerprint density at radius 1 is 1.06 bits per heavy atom. The van der Waals surface area contributed by atoms with Crippen molar-refractivity contribution in [2.24, 2.45) is 11.7 Å². The molecule has 0 aromatic carbocycles. The Bertz CT molecular complexity index is 279. The number of esters is 2. The number of hydrogen-bond acceptors (Lipinski definition) is 5. The summed E-state index contributed by atoms with van der Waals surface area (Å²) in [7, 11) is 0. The molecule has 0 aromatic rings. The molecule has 2 N–H and O–H groups in total. The molecule has 0 heterocycles. The SMILES string of the molecule is CCOC(=O)C(N)(C(=O)OCC)C1CCCCC1. The van der Waals surface area contributed by atoms with Gasteiger partial charge in [-0.25, -0.2) is 9.59 Å². The Kier molecular flexibility index (Phi) is 5.59. The highest BCUT2D eigenvalue weighted by Crippen LogP contribution is 2.33. The quantitative estimate of drug-likeness (QED) is 0.595. The van der Waals surface area contributed by atoms with E-state index in [1.165, 1.54) is 0 Å². The van der Waals surface area contributed by atoms with Crippen molar-refractivity contribution in [3.05, 3.63) is 0 Å². The van der Waals surface area contributed by atoms with Gasteiger partial charge < -0.3 is 15.2 Å². The van der Waals surface area contributed by atoms with E-state index >= 15 is 0 Å². The summed E-state index contributed by atoms with van der Waals surface area (Å²) in [5.74, 6) is -1.49. The highest BCUT2D eigenvalue weighted by molar-refractivity contribution is 6.05. The first-order chi connectivity index (χ1) is 8.57. The number of carbonyl (C=O) groups excluding carboxylic acids is 2. The van der Waals surface area contributed by atoms with Gasteiger partial charge in [0, 0.05) is 0 Å². The molecule has 18 heavy (non-hydrogen) atoms. The molecule has 0 unspecified atom stereocenters.